The molecule has 0 saturated carbocycles. The van der Waals surface area contributed by atoms with Gasteiger partial charge >= 0.3 is 6.97 Å². The normalized spacial score (nSPS) is 14.9. The van der Waals surface area contributed by atoms with E-state index in [1.165, 1.54) is 4.81 Å². The average Bonchev–Trinajstić information content (AvgIpc) is 3.09. The van der Waals surface area contributed by atoms with Gasteiger partial charge < -0.3 is 22.9 Å². The second kappa shape index (κ2) is 10.8. The molecule has 0 radical (unpaired) electrons. The van der Waals surface area contributed by atoms with Crippen LogP contribution >= 0.6 is 22.6 Å². The quantitative estimate of drug-likeness (QED) is 0.0892. The van der Waals surface area contributed by atoms with Crippen molar-refractivity contribution in [1.29, 1.82) is 0 Å². The molecule has 0 fully saturated rings. The highest BCUT2D eigenvalue weighted by molar-refractivity contribution is 14.1. The molecule has 2 atom stereocenters. The first-order chi connectivity index (χ1) is 15.7. The minimum absolute atomic E-state index is 0.0343. The van der Waals surface area contributed by atoms with Crippen LogP contribution in [0.2, 0.25) is 0 Å². The van der Waals surface area contributed by atoms with E-state index in [1.54, 1.807) is 13.8 Å². The Kier molecular flexibility index (Phi) is 8.36. The Labute approximate surface area is 209 Å². The van der Waals surface area contributed by atoms with E-state index in [1.807, 2.05) is 44.2 Å². The predicted molar refractivity (Wildman–Crippen MR) is 148 cm³/mol. The summed E-state index contributed by atoms with van der Waals surface area (Å²) >= 11 is 2.12. The lowest BCUT2D eigenvalue weighted by Crippen LogP contribution is -2.51. The molecule has 3 nitrogen and oxygen atoms in total. The summed E-state index contributed by atoms with van der Waals surface area (Å²) in [6, 6.07) is 13.9. The van der Waals surface area contributed by atoms with Crippen LogP contribution < -0.4 is 0 Å². The number of nitrogens with zero attached hydrogens (tertiary/aromatic N) is 3. The van der Waals surface area contributed by atoms with Gasteiger partial charge in [0.2, 0.25) is 0 Å². The van der Waals surface area contributed by atoms with E-state index in [9.17, 15) is 0 Å². The van der Waals surface area contributed by atoms with Crippen molar-refractivity contribution in [3.8, 4) is 12.3 Å². The summed E-state index contributed by atoms with van der Waals surface area (Å²) in [6.45, 7) is 4.02. The SMILES string of the molecule is C#CCn1c2ccccc2c2cc(/C=C/C(C)N(CCC)[B-](F)(F)N=C(C)C(C)I)ccc21. The fourth-order valence-corrected chi connectivity index (χ4v) is 4.28. The Hall–Kier alpha value is -2.18. The first kappa shape index (κ1) is 25.4. The highest BCUT2D eigenvalue weighted by Crippen LogP contribution is 2.30. The molecule has 0 saturated heterocycles. The van der Waals surface area contributed by atoms with Crippen LogP contribution in [0.3, 0.4) is 0 Å². The molecule has 0 aliphatic rings. The summed E-state index contributed by atoms with van der Waals surface area (Å²) in [7, 11) is 0. The van der Waals surface area contributed by atoms with Crippen LogP contribution in [0.1, 0.15) is 39.7 Å². The Bertz CT molecular complexity index is 1220. The fraction of sp³-hybridized carbons (Fsp3) is 0.346. The van der Waals surface area contributed by atoms with Gasteiger partial charge in [-0.15, -0.1) is 6.42 Å². The van der Waals surface area contributed by atoms with Gasteiger partial charge in [0.15, 0.2) is 0 Å². The second-order valence-corrected chi connectivity index (χ2v) is 10.3. The van der Waals surface area contributed by atoms with E-state index >= 15 is 8.63 Å². The van der Waals surface area contributed by atoms with E-state index in [-0.39, 0.29) is 10.5 Å². The topological polar surface area (TPSA) is 20.5 Å². The molecule has 0 spiro atoms. The first-order valence-electron chi connectivity index (χ1n) is 11.3. The number of hydrogen-bond donors (Lipinski definition) is 0. The van der Waals surface area contributed by atoms with Crippen LogP contribution in [0, 0.1) is 12.3 Å². The lowest BCUT2D eigenvalue weighted by molar-refractivity contribution is 0.301. The van der Waals surface area contributed by atoms with Crippen molar-refractivity contribution < 1.29 is 8.63 Å². The molecule has 3 rings (SSSR count). The zero-order valence-corrected chi connectivity index (χ0v) is 21.8. The Morgan fingerprint density at radius 1 is 1.21 bits per heavy atom. The molecule has 33 heavy (non-hydrogen) atoms. The number of para-hydroxylation sites is 1. The third kappa shape index (κ3) is 5.67. The van der Waals surface area contributed by atoms with Crippen molar-refractivity contribution in [2.24, 2.45) is 4.90 Å². The van der Waals surface area contributed by atoms with Gasteiger partial charge in [-0.1, -0.05) is 71.9 Å². The van der Waals surface area contributed by atoms with E-state index in [4.69, 9.17) is 6.42 Å². The Balaban J connectivity index is 1.94. The molecule has 0 aliphatic heterocycles. The lowest BCUT2D eigenvalue weighted by atomic mass is 9.91. The molecule has 174 valence electrons. The molecule has 0 aliphatic carbocycles. The smallest absolute Gasteiger partial charge is 0.442 e. The summed E-state index contributed by atoms with van der Waals surface area (Å²) in [6.07, 6.45) is 9.98. The average molecular weight is 560 g/mol. The zero-order valence-electron chi connectivity index (χ0n) is 19.6. The highest BCUT2D eigenvalue weighted by atomic mass is 127. The standard InChI is InChI=1S/C26H30BF2IN3/c1-6-16-32-25-11-9-8-10-23(25)24-18-22(14-15-26(24)32)13-12-19(3)33(17-7-2)27(28,29)31-21(5)20(4)30/h1,8-15,18-20H,7,16-17H2,2-5H3/q-1/b13-12+,31-21?. The molecular weight excluding hydrogens is 530 g/mol. The Morgan fingerprint density at radius 2 is 1.91 bits per heavy atom. The van der Waals surface area contributed by atoms with E-state index in [0.29, 0.717) is 18.7 Å². The largest absolute Gasteiger partial charge is 0.510 e. The minimum Gasteiger partial charge on any atom is -0.442 e. The third-order valence-electron chi connectivity index (χ3n) is 5.95. The number of aromatic nitrogens is 1. The van der Waals surface area contributed by atoms with Crippen LogP contribution in [0.4, 0.5) is 8.63 Å². The molecule has 0 N–H and O–H groups in total. The first-order valence-corrected chi connectivity index (χ1v) is 12.5. The van der Waals surface area contributed by atoms with Crippen molar-refractivity contribution in [2.75, 3.05) is 6.54 Å². The molecule has 1 heterocycles. The highest BCUT2D eigenvalue weighted by Gasteiger charge is 2.34. The summed E-state index contributed by atoms with van der Waals surface area (Å²) in [5.41, 5.74) is 3.59. The maximum absolute atomic E-state index is 15.1. The van der Waals surface area contributed by atoms with Crippen LogP contribution in [0.25, 0.3) is 27.9 Å². The molecule has 0 amide bonds. The number of rotatable bonds is 9. The molecule has 2 unspecified atom stereocenters. The zero-order chi connectivity index (χ0) is 24.2. The van der Waals surface area contributed by atoms with Gasteiger partial charge in [0.05, 0.1) is 12.1 Å². The van der Waals surface area contributed by atoms with Gasteiger partial charge in [0.25, 0.3) is 0 Å². The van der Waals surface area contributed by atoms with Crippen molar-refractivity contribution in [1.82, 2.24) is 9.38 Å². The van der Waals surface area contributed by atoms with E-state index in [2.05, 4.69) is 62.2 Å². The lowest BCUT2D eigenvalue weighted by Gasteiger charge is -2.40. The number of hydrogen-bond acceptors (Lipinski definition) is 2. The monoisotopic (exact) mass is 560 g/mol. The van der Waals surface area contributed by atoms with Crippen molar-refractivity contribution in [2.45, 2.75) is 50.6 Å². The summed E-state index contributed by atoms with van der Waals surface area (Å²) in [4.78, 5) is 5.03. The number of alkyl halides is 1. The van der Waals surface area contributed by atoms with E-state index in [0.717, 1.165) is 27.4 Å². The van der Waals surface area contributed by atoms with E-state index < -0.39 is 13.0 Å². The van der Waals surface area contributed by atoms with Crippen LogP contribution in [-0.2, 0) is 6.54 Å². The molecule has 3 aromatic rings. The summed E-state index contributed by atoms with van der Waals surface area (Å²) < 4.78 is 32.2. The van der Waals surface area contributed by atoms with Gasteiger partial charge in [-0.3, -0.25) is 0 Å². The van der Waals surface area contributed by atoms with Gasteiger partial charge in [-0.2, -0.15) is 0 Å². The van der Waals surface area contributed by atoms with Gasteiger partial charge in [0.1, 0.15) is 0 Å². The number of halogens is 3. The number of benzene rings is 2. The maximum atomic E-state index is 15.1. The summed E-state index contributed by atoms with van der Waals surface area (Å²) in [5, 5.41) is 2.23. The minimum atomic E-state index is -4.01. The van der Waals surface area contributed by atoms with Crippen molar-refractivity contribution in [3.05, 3.63) is 54.1 Å². The van der Waals surface area contributed by atoms with Gasteiger partial charge in [0, 0.05) is 20.2 Å². The van der Waals surface area contributed by atoms with Crippen LogP contribution in [-0.4, -0.2) is 38.6 Å². The maximum Gasteiger partial charge on any atom is 0.510 e. The van der Waals surface area contributed by atoms with Crippen LogP contribution in [0.15, 0.2) is 53.4 Å². The van der Waals surface area contributed by atoms with Gasteiger partial charge in [-0.25, -0.2) is 0 Å². The molecular formula is C26H30BF2IN3-. The predicted octanol–water partition coefficient (Wildman–Crippen LogP) is 7.20. The van der Waals surface area contributed by atoms with Crippen LogP contribution in [0.5, 0.6) is 0 Å². The fourth-order valence-electron chi connectivity index (χ4n) is 4.12. The molecule has 7 heteroatoms. The Morgan fingerprint density at radius 3 is 2.58 bits per heavy atom. The van der Waals surface area contributed by atoms with Crippen molar-refractivity contribution >= 4 is 63.2 Å². The van der Waals surface area contributed by atoms with Crippen molar-refractivity contribution in [3.63, 3.8) is 0 Å². The molecule has 2 aromatic carbocycles. The molecule has 0 bridgehead atoms. The third-order valence-corrected chi connectivity index (χ3v) is 6.85. The summed E-state index contributed by atoms with van der Waals surface area (Å²) in [5.74, 6) is 2.73. The second-order valence-electron chi connectivity index (χ2n) is 8.40. The molecule has 1 aromatic heterocycles. The number of terminal acetylenes is 1. The number of fused-ring (bicyclic) bond motifs is 3. The van der Waals surface area contributed by atoms with Gasteiger partial charge in [-0.05, 0) is 69.3 Å².